The van der Waals surface area contributed by atoms with Crippen molar-refractivity contribution >= 4 is 11.6 Å². The van der Waals surface area contributed by atoms with Crippen LogP contribution in [0.3, 0.4) is 0 Å². The van der Waals surface area contributed by atoms with E-state index in [0.29, 0.717) is 5.56 Å². The molecule has 0 aliphatic heterocycles. The quantitative estimate of drug-likeness (QED) is 0.367. The van der Waals surface area contributed by atoms with Crippen LogP contribution < -0.4 is 0 Å². The van der Waals surface area contributed by atoms with Crippen LogP contribution in [0.1, 0.15) is 69.7 Å². The summed E-state index contributed by atoms with van der Waals surface area (Å²) in [7, 11) is 0. The van der Waals surface area contributed by atoms with Gasteiger partial charge in [-0.25, -0.2) is 0 Å². The van der Waals surface area contributed by atoms with E-state index in [1.165, 1.54) is 19.3 Å². The molecule has 2 heteroatoms. The molecule has 2 nitrogen and oxygen atoms in total. The van der Waals surface area contributed by atoms with Gasteiger partial charge in [-0.2, -0.15) is 0 Å². The van der Waals surface area contributed by atoms with E-state index in [0.717, 1.165) is 12.8 Å². The maximum atomic E-state index is 12.3. The van der Waals surface area contributed by atoms with Crippen molar-refractivity contribution in [2.75, 3.05) is 0 Å². The zero-order valence-electron chi connectivity index (χ0n) is 12.9. The van der Waals surface area contributed by atoms with E-state index in [-0.39, 0.29) is 18.0 Å². The van der Waals surface area contributed by atoms with E-state index in [9.17, 15) is 9.59 Å². The molecule has 1 aromatic rings. The molecule has 0 saturated heterocycles. The second-order valence-corrected chi connectivity index (χ2v) is 6.08. The Hall–Kier alpha value is -1.44. The summed E-state index contributed by atoms with van der Waals surface area (Å²) in [5, 5.41) is 0. The van der Waals surface area contributed by atoms with E-state index < -0.39 is 5.41 Å². The summed E-state index contributed by atoms with van der Waals surface area (Å²) in [6.07, 6.45) is 5.53. The summed E-state index contributed by atoms with van der Waals surface area (Å²) in [4.78, 5) is 24.3. The zero-order chi connectivity index (χ0) is 15.0. The van der Waals surface area contributed by atoms with E-state index in [2.05, 4.69) is 6.92 Å². The Bertz CT molecular complexity index is 432. The number of unbranched alkanes of at least 4 members (excludes halogenated alkanes) is 3. The van der Waals surface area contributed by atoms with Gasteiger partial charge in [0, 0.05) is 11.0 Å². The number of ketones is 2. The van der Waals surface area contributed by atoms with Gasteiger partial charge in [0.05, 0.1) is 6.42 Å². The smallest absolute Gasteiger partial charge is 0.170 e. The molecule has 0 fully saturated rings. The average Bonchev–Trinajstić information content (AvgIpc) is 2.44. The topological polar surface area (TPSA) is 34.1 Å². The summed E-state index contributed by atoms with van der Waals surface area (Å²) in [6.45, 7) is 6.09. The second kappa shape index (κ2) is 7.98. The molecule has 0 unspecified atom stereocenters. The van der Waals surface area contributed by atoms with Crippen LogP contribution in [0.25, 0.3) is 0 Å². The largest absolute Gasteiger partial charge is 0.299 e. The molecule has 20 heavy (non-hydrogen) atoms. The Labute approximate surface area is 122 Å². The molecule has 0 saturated carbocycles. The molecule has 0 N–H and O–H groups in total. The van der Waals surface area contributed by atoms with E-state index >= 15 is 0 Å². The van der Waals surface area contributed by atoms with E-state index in [1.54, 1.807) is 12.1 Å². The fraction of sp³-hybridized carbons (Fsp3) is 0.556. The predicted octanol–water partition coefficient (Wildman–Crippen LogP) is 4.83. The van der Waals surface area contributed by atoms with Crippen molar-refractivity contribution < 1.29 is 9.59 Å². The number of benzene rings is 1. The predicted molar refractivity (Wildman–Crippen MR) is 82.9 cm³/mol. The number of hydrogen-bond donors (Lipinski definition) is 0. The Balaban J connectivity index is 2.50. The summed E-state index contributed by atoms with van der Waals surface area (Å²) >= 11 is 0. The lowest BCUT2D eigenvalue weighted by atomic mass is 9.80. The molecular formula is C18H26O2. The van der Waals surface area contributed by atoms with Gasteiger partial charge in [0.1, 0.15) is 5.78 Å². The van der Waals surface area contributed by atoms with Gasteiger partial charge in [-0.15, -0.1) is 0 Å². The maximum Gasteiger partial charge on any atom is 0.170 e. The SMILES string of the molecule is CCCCCCC(C)(C)C(=O)CC(=O)c1ccccc1. The van der Waals surface area contributed by atoms with Crippen molar-refractivity contribution in [1.29, 1.82) is 0 Å². The van der Waals surface area contributed by atoms with Crippen LogP contribution in [0, 0.1) is 5.41 Å². The first kappa shape index (κ1) is 16.6. The number of carbonyl (C=O) groups excluding carboxylic acids is 2. The molecule has 1 aromatic carbocycles. The lowest BCUT2D eigenvalue weighted by Gasteiger charge is -2.22. The Morgan fingerprint density at radius 2 is 1.65 bits per heavy atom. The second-order valence-electron chi connectivity index (χ2n) is 6.08. The van der Waals surface area contributed by atoms with Crippen molar-refractivity contribution in [3.05, 3.63) is 35.9 Å². The average molecular weight is 274 g/mol. The van der Waals surface area contributed by atoms with Gasteiger partial charge in [0.25, 0.3) is 0 Å². The van der Waals surface area contributed by atoms with Crippen LogP contribution in [-0.2, 0) is 4.79 Å². The standard InChI is InChI=1S/C18H26O2/c1-4-5-6-10-13-18(2,3)17(20)14-16(19)15-11-8-7-9-12-15/h7-9,11-12H,4-6,10,13-14H2,1-3H3. The number of rotatable bonds is 9. The van der Waals surface area contributed by atoms with Gasteiger partial charge in [0.15, 0.2) is 5.78 Å². The molecule has 0 aromatic heterocycles. The number of hydrogen-bond acceptors (Lipinski definition) is 2. The molecule has 0 spiro atoms. The van der Waals surface area contributed by atoms with Crippen LogP contribution in [0.4, 0.5) is 0 Å². The molecule has 0 radical (unpaired) electrons. The number of Topliss-reactive ketones (excluding diaryl/α,β-unsaturated/α-hetero) is 2. The minimum absolute atomic E-state index is 0.0186. The van der Waals surface area contributed by atoms with Gasteiger partial charge in [-0.1, -0.05) is 76.8 Å². The van der Waals surface area contributed by atoms with Crippen molar-refractivity contribution in [2.24, 2.45) is 5.41 Å². The molecule has 0 aliphatic rings. The first-order valence-corrected chi connectivity index (χ1v) is 7.59. The molecule has 1 rings (SSSR count). The monoisotopic (exact) mass is 274 g/mol. The Morgan fingerprint density at radius 1 is 1.00 bits per heavy atom. The third-order valence-corrected chi connectivity index (χ3v) is 3.83. The molecule has 0 aliphatic carbocycles. The zero-order valence-corrected chi connectivity index (χ0v) is 12.9. The van der Waals surface area contributed by atoms with Gasteiger partial charge >= 0.3 is 0 Å². The molecule has 0 bridgehead atoms. The van der Waals surface area contributed by atoms with Crippen LogP contribution in [-0.4, -0.2) is 11.6 Å². The molecule has 0 heterocycles. The highest BCUT2D eigenvalue weighted by molar-refractivity contribution is 6.09. The summed E-state index contributed by atoms with van der Waals surface area (Å²) in [6, 6.07) is 9.06. The first-order valence-electron chi connectivity index (χ1n) is 7.59. The van der Waals surface area contributed by atoms with Crippen LogP contribution >= 0.6 is 0 Å². The van der Waals surface area contributed by atoms with Gasteiger partial charge < -0.3 is 0 Å². The summed E-state index contributed by atoms with van der Waals surface area (Å²) in [5.74, 6) is -0.0138. The van der Waals surface area contributed by atoms with E-state index in [1.807, 2.05) is 32.0 Å². The van der Waals surface area contributed by atoms with Crippen molar-refractivity contribution in [3.63, 3.8) is 0 Å². The highest BCUT2D eigenvalue weighted by atomic mass is 16.1. The molecule has 110 valence electrons. The maximum absolute atomic E-state index is 12.3. The van der Waals surface area contributed by atoms with Crippen LogP contribution in [0.15, 0.2) is 30.3 Å². The third-order valence-electron chi connectivity index (χ3n) is 3.83. The minimum atomic E-state index is -0.391. The van der Waals surface area contributed by atoms with Crippen molar-refractivity contribution in [2.45, 2.75) is 59.3 Å². The molecule has 0 amide bonds. The highest BCUT2D eigenvalue weighted by Crippen LogP contribution is 2.27. The Kier molecular flexibility index (Phi) is 6.63. The Morgan fingerprint density at radius 3 is 2.25 bits per heavy atom. The lowest BCUT2D eigenvalue weighted by molar-refractivity contribution is -0.126. The minimum Gasteiger partial charge on any atom is -0.299 e. The summed E-state index contributed by atoms with van der Waals surface area (Å²) in [5.41, 5.74) is 0.237. The first-order chi connectivity index (χ1) is 9.47. The molecular weight excluding hydrogens is 248 g/mol. The fourth-order valence-corrected chi connectivity index (χ4v) is 2.24. The fourth-order valence-electron chi connectivity index (χ4n) is 2.24. The van der Waals surface area contributed by atoms with Gasteiger partial charge in [-0.05, 0) is 6.42 Å². The van der Waals surface area contributed by atoms with Crippen molar-refractivity contribution in [3.8, 4) is 0 Å². The van der Waals surface area contributed by atoms with Crippen LogP contribution in [0.2, 0.25) is 0 Å². The van der Waals surface area contributed by atoms with E-state index in [4.69, 9.17) is 0 Å². The summed E-state index contributed by atoms with van der Waals surface area (Å²) < 4.78 is 0. The highest BCUT2D eigenvalue weighted by Gasteiger charge is 2.28. The van der Waals surface area contributed by atoms with Gasteiger partial charge in [-0.3, -0.25) is 9.59 Å². The third kappa shape index (κ3) is 5.28. The normalized spacial score (nSPS) is 11.3. The lowest BCUT2D eigenvalue weighted by Crippen LogP contribution is -2.26. The van der Waals surface area contributed by atoms with Crippen molar-refractivity contribution in [1.82, 2.24) is 0 Å². The molecule has 0 atom stereocenters. The van der Waals surface area contributed by atoms with Gasteiger partial charge in [0.2, 0.25) is 0 Å². The number of carbonyl (C=O) groups is 2. The van der Waals surface area contributed by atoms with Crippen LogP contribution in [0.5, 0.6) is 0 Å².